The third kappa shape index (κ3) is 8.51. The van der Waals surface area contributed by atoms with E-state index in [-0.39, 0.29) is 67.6 Å². The zero-order valence-electron chi connectivity index (χ0n) is 27.5. The second-order valence-corrected chi connectivity index (χ2v) is 12.1. The van der Waals surface area contributed by atoms with Crippen LogP contribution >= 0.6 is 0 Å². The number of nitrogens with two attached hydrogens (primary N) is 1. The van der Waals surface area contributed by atoms with Crippen LogP contribution in [-0.2, 0) is 20.8 Å². The summed E-state index contributed by atoms with van der Waals surface area (Å²) in [6.07, 6.45) is 0.421. The maximum absolute atomic E-state index is 13.5. The number of benzene rings is 2. The number of hydrogen-bond donors (Lipinski definition) is 6. The lowest BCUT2D eigenvalue weighted by Gasteiger charge is -2.32. The van der Waals surface area contributed by atoms with Crippen LogP contribution in [0.5, 0.6) is 11.5 Å². The molecule has 5 rings (SSSR count). The largest absolute Gasteiger partial charge is 0.508 e. The van der Waals surface area contributed by atoms with Crippen LogP contribution in [0.4, 0.5) is 11.5 Å². The van der Waals surface area contributed by atoms with Crippen molar-refractivity contribution in [2.24, 2.45) is 11.7 Å². The molecule has 1 aromatic heterocycles. The van der Waals surface area contributed by atoms with Crippen LogP contribution in [0.2, 0.25) is 0 Å². The molecule has 3 heterocycles. The maximum Gasteiger partial charge on any atom is 0.255 e. The van der Waals surface area contributed by atoms with E-state index in [9.17, 15) is 29.1 Å². The summed E-state index contributed by atoms with van der Waals surface area (Å²) >= 11 is 0. The molecule has 0 saturated carbocycles. The number of phenolic OH excluding ortho intramolecular Hbond substituents is 1. The Bertz CT molecular complexity index is 1730. The number of aryl methyl sites for hydroxylation is 1. The van der Waals surface area contributed by atoms with Crippen molar-refractivity contribution in [2.45, 2.75) is 45.2 Å². The summed E-state index contributed by atoms with van der Waals surface area (Å²) < 4.78 is 6.13. The van der Waals surface area contributed by atoms with Gasteiger partial charge in [0.05, 0.1) is 17.2 Å². The van der Waals surface area contributed by atoms with E-state index in [0.717, 1.165) is 11.3 Å². The average molecular weight is 672 g/mol. The molecule has 14 heteroatoms. The highest BCUT2D eigenvalue weighted by molar-refractivity contribution is 6.17. The molecular weight excluding hydrogens is 630 g/mol. The fourth-order valence-electron chi connectivity index (χ4n) is 5.82. The molecule has 0 spiro atoms. The van der Waals surface area contributed by atoms with Gasteiger partial charge in [-0.1, -0.05) is 12.1 Å². The van der Waals surface area contributed by atoms with Gasteiger partial charge in [0.1, 0.15) is 35.9 Å². The van der Waals surface area contributed by atoms with E-state index < -0.39 is 41.6 Å². The summed E-state index contributed by atoms with van der Waals surface area (Å²) in [6, 6.07) is 13.0. The summed E-state index contributed by atoms with van der Waals surface area (Å²) in [5, 5.41) is 20.8. The number of Topliss-reactive ketones (excluding diaryl/α,β-unsaturated/α-hetero) is 1. The minimum absolute atomic E-state index is 0.0303. The van der Waals surface area contributed by atoms with E-state index in [0.29, 0.717) is 24.3 Å². The number of nitrogens with one attached hydrogen (secondary N) is 4. The monoisotopic (exact) mass is 671 g/mol. The van der Waals surface area contributed by atoms with Crippen molar-refractivity contribution in [3.8, 4) is 11.5 Å². The predicted octanol–water partition coefficient (Wildman–Crippen LogP) is 1.45. The second-order valence-electron chi connectivity index (χ2n) is 12.1. The number of fused-ring (bicyclic) bond motifs is 2. The van der Waals surface area contributed by atoms with Crippen LogP contribution in [-0.4, -0.2) is 84.4 Å². The molecule has 1 unspecified atom stereocenters. The Morgan fingerprint density at radius 3 is 2.57 bits per heavy atom. The van der Waals surface area contributed by atoms with Crippen LogP contribution in [0.25, 0.3) is 0 Å². The van der Waals surface area contributed by atoms with E-state index in [1.165, 1.54) is 24.3 Å². The SMILES string of the molecule is CCN1CC(C(=O)Nc2ccc3c(c2)C(=O)NCCC(=O)N[C@@H](CCN)C(=O)N[C@H](Cc2ccc(O)cc2)CO3)C(=O)c2ccc(C)nc21. The van der Waals surface area contributed by atoms with Crippen LogP contribution in [0, 0.1) is 12.8 Å². The molecule has 14 nitrogen and oxygen atoms in total. The number of aromatic hydroxyl groups is 1. The fourth-order valence-corrected chi connectivity index (χ4v) is 5.82. The number of carbonyl (C=O) groups is 5. The summed E-state index contributed by atoms with van der Waals surface area (Å²) in [6.45, 7) is 4.55. The Morgan fingerprint density at radius 2 is 1.84 bits per heavy atom. The minimum Gasteiger partial charge on any atom is -0.508 e. The molecule has 0 aliphatic carbocycles. The Balaban J connectivity index is 1.39. The fraction of sp³-hybridized carbons (Fsp3) is 0.371. The second kappa shape index (κ2) is 15.6. The molecular formula is C35H41N7O7. The van der Waals surface area contributed by atoms with Gasteiger partial charge in [-0.25, -0.2) is 4.98 Å². The Kier molecular flexibility index (Phi) is 11.1. The molecule has 0 radical (unpaired) electrons. The minimum atomic E-state index is -0.999. The van der Waals surface area contributed by atoms with E-state index >= 15 is 0 Å². The number of pyridine rings is 1. The number of anilines is 2. The van der Waals surface area contributed by atoms with Gasteiger partial charge in [-0.05, 0) is 81.3 Å². The van der Waals surface area contributed by atoms with E-state index in [1.807, 2.05) is 18.7 Å². The Morgan fingerprint density at radius 1 is 1.06 bits per heavy atom. The molecule has 3 atom stereocenters. The number of carbonyl (C=O) groups excluding carboxylic acids is 5. The van der Waals surface area contributed by atoms with Gasteiger partial charge in [-0.15, -0.1) is 0 Å². The van der Waals surface area contributed by atoms with Crippen molar-refractivity contribution >= 4 is 40.9 Å². The van der Waals surface area contributed by atoms with Gasteiger partial charge in [0.2, 0.25) is 17.7 Å². The molecule has 0 saturated heterocycles. The van der Waals surface area contributed by atoms with E-state index in [4.69, 9.17) is 10.5 Å². The van der Waals surface area contributed by atoms with Crippen LogP contribution in [0.3, 0.4) is 0 Å². The van der Waals surface area contributed by atoms with Gasteiger partial charge in [0.25, 0.3) is 5.91 Å². The molecule has 49 heavy (non-hydrogen) atoms. The number of nitrogens with zero attached hydrogens (tertiary/aromatic N) is 2. The predicted molar refractivity (Wildman–Crippen MR) is 182 cm³/mol. The summed E-state index contributed by atoms with van der Waals surface area (Å²) in [7, 11) is 0. The Hall–Kier alpha value is -5.50. The molecule has 2 aliphatic heterocycles. The van der Waals surface area contributed by atoms with E-state index in [1.54, 1.807) is 30.3 Å². The van der Waals surface area contributed by atoms with Crippen LogP contribution < -0.4 is 36.6 Å². The average Bonchev–Trinajstić information content (AvgIpc) is 3.08. The molecule has 4 amide bonds. The van der Waals surface area contributed by atoms with Gasteiger partial charge in [-0.3, -0.25) is 24.0 Å². The van der Waals surface area contributed by atoms with Gasteiger partial charge < -0.3 is 41.7 Å². The van der Waals surface area contributed by atoms with Gasteiger partial charge in [0, 0.05) is 37.4 Å². The smallest absolute Gasteiger partial charge is 0.255 e. The highest BCUT2D eigenvalue weighted by Crippen LogP contribution is 2.30. The highest BCUT2D eigenvalue weighted by atomic mass is 16.5. The topological polar surface area (TPSA) is 205 Å². The van der Waals surface area contributed by atoms with Crippen molar-refractivity contribution in [3.63, 3.8) is 0 Å². The number of hydrogen-bond acceptors (Lipinski definition) is 10. The zero-order valence-corrected chi connectivity index (χ0v) is 27.5. The van der Waals surface area contributed by atoms with Gasteiger partial charge >= 0.3 is 0 Å². The first kappa shape index (κ1) is 34.8. The maximum atomic E-state index is 13.5. The molecule has 2 aromatic carbocycles. The summed E-state index contributed by atoms with van der Waals surface area (Å²) in [5.41, 5.74) is 8.01. The Labute approximate surface area is 283 Å². The molecule has 0 bridgehead atoms. The van der Waals surface area contributed by atoms with Crippen molar-refractivity contribution < 1.29 is 33.8 Å². The lowest BCUT2D eigenvalue weighted by molar-refractivity contribution is -0.129. The third-order valence-electron chi connectivity index (χ3n) is 8.44. The normalized spacial score (nSPS) is 20.1. The number of phenols is 1. The summed E-state index contributed by atoms with van der Waals surface area (Å²) in [4.78, 5) is 72.7. The van der Waals surface area contributed by atoms with E-state index in [2.05, 4.69) is 26.3 Å². The number of ketones is 1. The van der Waals surface area contributed by atoms with Crippen LogP contribution in [0.1, 0.15) is 51.7 Å². The first-order valence-electron chi connectivity index (χ1n) is 16.3. The first-order valence-corrected chi connectivity index (χ1v) is 16.3. The standard InChI is InChI=1S/C35H41N7O7/c1-3-42-18-27(31(45)25-10-4-20(2)38-32(25)42)34(47)39-22-7-11-29-26(17-22)33(46)37-15-13-30(44)41-28(12-14-36)35(48)40-23(19-49-29)16-21-5-8-24(43)9-6-21/h4-11,17,23,27-28,43H,3,12-16,18-19,36H2,1-2H3,(H,37,46)(H,39,47)(H,40,48)(H,41,44)/t23-,27?,28+/m1/s1. The first-order chi connectivity index (χ1) is 23.6. The number of ether oxygens (including phenoxy) is 1. The van der Waals surface area contributed by atoms with Crippen molar-refractivity contribution in [1.29, 1.82) is 0 Å². The lowest BCUT2D eigenvalue weighted by atomic mass is 9.92. The molecule has 0 fully saturated rings. The van der Waals surface area contributed by atoms with Crippen molar-refractivity contribution in [2.75, 3.05) is 43.0 Å². The molecule has 258 valence electrons. The van der Waals surface area contributed by atoms with Crippen LogP contribution in [0.15, 0.2) is 54.6 Å². The quantitative estimate of drug-likeness (QED) is 0.200. The molecule has 2 aliphatic rings. The molecule has 7 N–H and O–H groups in total. The lowest BCUT2D eigenvalue weighted by Crippen LogP contribution is -2.52. The zero-order chi connectivity index (χ0) is 35.1. The van der Waals surface area contributed by atoms with Crippen molar-refractivity contribution in [1.82, 2.24) is 20.9 Å². The number of amides is 4. The summed E-state index contributed by atoms with van der Waals surface area (Å²) in [5.74, 6) is -2.45. The van der Waals surface area contributed by atoms with Crippen molar-refractivity contribution in [3.05, 3.63) is 77.0 Å². The number of rotatable bonds is 7. The highest BCUT2D eigenvalue weighted by Gasteiger charge is 2.37. The number of aromatic nitrogens is 1. The molecule has 3 aromatic rings. The third-order valence-corrected chi connectivity index (χ3v) is 8.44. The van der Waals surface area contributed by atoms with Gasteiger partial charge in [-0.2, -0.15) is 0 Å². The van der Waals surface area contributed by atoms with Gasteiger partial charge in [0.15, 0.2) is 5.78 Å².